The minimum Gasteiger partial charge on any atom is -0.325 e. The Bertz CT molecular complexity index is 985. The molecule has 138 valence electrons. The molecule has 3 heterocycles. The second-order valence-corrected chi connectivity index (χ2v) is 6.24. The molecule has 0 aliphatic carbocycles. The standard InChI is InChI=1S/C19H20N6O2/c1-11-12(2)21-19(23-18(11)27)25-14(4)16(13(3)24-25)7-8-17(26)22-15-6-5-9-20-10-15/h5-6,9-10H,1,7-8H2,2-4H3,(H,22,26). The normalized spacial score (nSPS) is 14.0. The monoisotopic (exact) mass is 364 g/mol. The SMILES string of the molecule is C=C1C(=O)N=C(n2nc(C)c(CCC(=O)Nc3cccnc3)c2C)N=C1C. The van der Waals surface area contributed by atoms with Crippen molar-refractivity contribution in [3.63, 3.8) is 0 Å². The Hall–Kier alpha value is -3.42. The van der Waals surface area contributed by atoms with Crippen molar-refractivity contribution < 1.29 is 9.59 Å². The number of nitrogens with zero attached hydrogens (tertiary/aromatic N) is 5. The van der Waals surface area contributed by atoms with Crippen LogP contribution in [0.3, 0.4) is 0 Å². The van der Waals surface area contributed by atoms with Crippen LogP contribution in [0, 0.1) is 13.8 Å². The molecule has 0 aromatic carbocycles. The van der Waals surface area contributed by atoms with E-state index in [0.29, 0.717) is 24.2 Å². The zero-order valence-corrected chi connectivity index (χ0v) is 15.5. The van der Waals surface area contributed by atoms with Gasteiger partial charge in [-0.2, -0.15) is 10.1 Å². The molecule has 0 unspecified atom stereocenters. The summed E-state index contributed by atoms with van der Waals surface area (Å²) in [6.45, 7) is 9.11. The average Bonchev–Trinajstić information content (AvgIpc) is 2.92. The molecule has 2 aromatic heterocycles. The van der Waals surface area contributed by atoms with Crippen LogP contribution < -0.4 is 5.32 Å². The van der Waals surface area contributed by atoms with Gasteiger partial charge in [-0.3, -0.25) is 14.6 Å². The lowest BCUT2D eigenvalue weighted by Crippen LogP contribution is -2.23. The van der Waals surface area contributed by atoms with Gasteiger partial charge >= 0.3 is 0 Å². The van der Waals surface area contributed by atoms with E-state index >= 15 is 0 Å². The largest absolute Gasteiger partial charge is 0.325 e. The molecule has 3 rings (SSSR count). The first-order valence-electron chi connectivity index (χ1n) is 8.49. The van der Waals surface area contributed by atoms with Crippen molar-refractivity contribution in [1.29, 1.82) is 0 Å². The van der Waals surface area contributed by atoms with Gasteiger partial charge in [0, 0.05) is 18.3 Å². The number of hydrogen-bond acceptors (Lipinski definition) is 5. The molecular formula is C19H20N6O2. The van der Waals surface area contributed by atoms with Crippen LogP contribution in [0.5, 0.6) is 0 Å². The molecule has 8 heteroatoms. The van der Waals surface area contributed by atoms with Gasteiger partial charge < -0.3 is 5.32 Å². The topological polar surface area (TPSA) is 102 Å². The Morgan fingerprint density at radius 3 is 2.70 bits per heavy atom. The van der Waals surface area contributed by atoms with Gasteiger partial charge in [0.15, 0.2) is 0 Å². The highest BCUT2D eigenvalue weighted by Gasteiger charge is 2.22. The molecule has 0 atom stereocenters. The highest BCUT2D eigenvalue weighted by Crippen LogP contribution is 2.18. The molecule has 0 fully saturated rings. The van der Waals surface area contributed by atoms with E-state index < -0.39 is 5.91 Å². The van der Waals surface area contributed by atoms with Crippen molar-refractivity contribution in [3.8, 4) is 0 Å². The van der Waals surface area contributed by atoms with Crippen molar-refractivity contribution in [2.24, 2.45) is 9.98 Å². The fourth-order valence-electron chi connectivity index (χ4n) is 2.78. The molecule has 0 bridgehead atoms. The predicted molar refractivity (Wildman–Crippen MR) is 103 cm³/mol. The lowest BCUT2D eigenvalue weighted by Gasteiger charge is -2.11. The number of aromatic nitrogens is 3. The number of hydrogen-bond donors (Lipinski definition) is 1. The molecule has 2 amide bonds. The summed E-state index contributed by atoms with van der Waals surface area (Å²) in [6, 6.07) is 3.54. The number of carbonyl (C=O) groups is 2. The van der Waals surface area contributed by atoms with Gasteiger partial charge in [-0.05, 0) is 44.9 Å². The minimum absolute atomic E-state index is 0.107. The fourth-order valence-corrected chi connectivity index (χ4v) is 2.78. The smallest absolute Gasteiger partial charge is 0.281 e. The van der Waals surface area contributed by atoms with Crippen LogP contribution in [0.4, 0.5) is 5.69 Å². The van der Waals surface area contributed by atoms with Gasteiger partial charge in [-0.15, -0.1) is 0 Å². The maximum absolute atomic E-state index is 12.2. The maximum atomic E-state index is 12.2. The Morgan fingerprint density at radius 2 is 2.04 bits per heavy atom. The average molecular weight is 364 g/mol. The summed E-state index contributed by atoms with van der Waals surface area (Å²) in [4.78, 5) is 36.3. The molecule has 0 radical (unpaired) electrons. The number of rotatable bonds is 4. The summed E-state index contributed by atoms with van der Waals surface area (Å²) >= 11 is 0. The van der Waals surface area contributed by atoms with E-state index in [1.54, 1.807) is 31.5 Å². The fraction of sp³-hybridized carbons (Fsp3) is 0.263. The van der Waals surface area contributed by atoms with Crippen molar-refractivity contribution in [2.45, 2.75) is 33.6 Å². The Labute approximate surface area is 156 Å². The van der Waals surface area contributed by atoms with Crippen LogP contribution in [0.25, 0.3) is 0 Å². The van der Waals surface area contributed by atoms with Crippen LogP contribution in [0.2, 0.25) is 0 Å². The summed E-state index contributed by atoms with van der Waals surface area (Å²) in [6.07, 6.45) is 4.06. The highest BCUT2D eigenvalue weighted by atomic mass is 16.2. The van der Waals surface area contributed by atoms with Gasteiger partial charge in [0.25, 0.3) is 11.9 Å². The second-order valence-electron chi connectivity index (χ2n) is 6.24. The van der Waals surface area contributed by atoms with Crippen molar-refractivity contribution in [1.82, 2.24) is 14.8 Å². The number of aryl methyl sites for hydroxylation is 1. The Balaban J connectivity index is 1.75. The quantitative estimate of drug-likeness (QED) is 0.841. The molecule has 27 heavy (non-hydrogen) atoms. The zero-order chi connectivity index (χ0) is 19.6. The molecule has 0 saturated heterocycles. The van der Waals surface area contributed by atoms with E-state index in [9.17, 15) is 9.59 Å². The number of pyridine rings is 1. The van der Waals surface area contributed by atoms with Crippen LogP contribution in [-0.2, 0) is 16.0 Å². The van der Waals surface area contributed by atoms with Crippen molar-refractivity contribution in [3.05, 3.63) is 53.6 Å². The molecular weight excluding hydrogens is 344 g/mol. The van der Waals surface area contributed by atoms with Crippen molar-refractivity contribution in [2.75, 3.05) is 5.32 Å². The van der Waals surface area contributed by atoms with Crippen LogP contribution >= 0.6 is 0 Å². The van der Waals surface area contributed by atoms with E-state index in [1.807, 2.05) is 13.8 Å². The lowest BCUT2D eigenvalue weighted by molar-refractivity contribution is -0.116. The van der Waals surface area contributed by atoms with E-state index in [0.717, 1.165) is 17.0 Å². The lowest BCUT2D eigenvalue weighted by atomic mass is 10.1. The predicted octanol–water partition coefficient (Wildman–Crippen LogP) is 2.23. The summed E-state index contributed by atoms with van der Waals surface area (Å²) in [7, 11) is 0. The maximum Gasteiger partial charge on any atom is 0.281 e. The summed E-state index contributed by atoms with van der Waals surface area (Å²) < 4.78 is 1.54. The molecule has 0 spiro atoms. The van der Waals surface area contributed by atoms with Crippen LogP contribution in [0.1, 0.15) is 30.3 Å². The minimum atomic E-state index is -0.414. The van der Waals surface area contributed by atoms with E-state index in [4.69, 9.17) is 0 Å². The van der Waals surface area contributed by atoms with E-state index in [2.05, 4.69) is 32.0 Å². The number of carbonyl (C=O) groups excluding carboxylic acids is 2. The third-order valence-corrected chi connectivity index (χ3v) is 4.34. The van der Waals surface area contributed by atoms with Gasteiger partial charge in [-0.25, -0.2) is 9.67 Å². The van der Waals surface area contributed by atoms with Crippen molar-refractivity contribution >= 4 is 29.2 Å². The molecule has 1 N–H and O–H groups in total. The molecule has 1 aliphatic heterocycles. The molecule has 1 aliphatic rings. The molecule has 8 nitrogen and oxygen atoms in total. The van der Waals surface area contributed by atoms with E-state index in [1.165, 1.54) is 4.68 Å². The Kier molecular flexibility index (Phi) is 5.07. The molecule has 2 aromatic rings. The van der Waals surface area contributed by atoms with Gasteiger partial charge in [0.05, 0.1) is 28.9 Å². The summed E-state index contributed by atoms with van der Waals surface area (Å²) in [5.74, 6) is -0.302. The van der Waals surface area contributed by atoms with E-state index in [-0.39, 0.29) is 17.4 Å². The summed E-state index contributed by atoms with van der Waals surface area (Å²) in [5.41, 5.74) is 3.98. The summed E-state index contributed by atoms with van der Waals surface area (Å²) in [5, 5.41) is 7.25. The number of aliphatic imine (C=N–C) groups is 2. The number of anilines is 1. The van der Waals surface area contributed by atoms with Gasteiger partial charge in [-0.1, -0.05) is 6.58 Å². The first kappa shape index (κ1) is 18.4. The first-order chi connectivity index (χ1) is 12.9. The highest BCUT2D eigenvalue weighted by molar-refractivity contribution is 6.27. The van der Waals surface area contributed by atoms with Gasteiger partial charge in [0.2, 0.25) is 5.91 Å². The first-order valence-corrected chi connectivity index (χ1v) is 8.49. The number of nitrogens with one attached hydrogen (secondary N) is 1. The molecule has 0 saturated carbocycles. The third-order valence-electron chi connectivity index (χ3n) is 4.34. The number of amides is 2. The second kappa shape index (κ2) is 7.45. The van der Waals surface area contributed by atoms with Gasteiger partial charge in [0.1, 0.15) is 0 Å². The van der Waals surface area contributed by atoms with Crippen LogP contribution in [-0.4, -0.2) is 38.3 Å². The zero-order valence-electron chi connectivity index (χ0n) is 15.5. The van der Waals surface area contributed by atoms with Crippen LogP contribution in [0.15, 0.2) is 46.7 Å². The Morgan fingerprint density at radius 1 is 1.26 bits per heavy atom. The third kappa shape index (κ3) is 3.89.